The molecule has 1 N–H and O–H groups in total. The molecule has 0 saturated carbocycles. The largest absolute Gasteiger partial charge is 0.336 e. The third-order valence-electron chi connectivity index (χ3n) is 1.51. The Balaban J connectivity index is 4.21. The van der Waals surface area contributed by atoms with Crippen molar-refractivity contribution >= 4 is 5.91 Å². The number of carbonyl (C=O) groups is 1. The van der Waals surface area contributed by atoms with Gasteiger partial charge in [-0.1, -0.05) is 6.58 Å². The van der Waals surface area contributed by atoms with E-state index in [9.17, 15) is 4.79 Å². The Morgan fingerprint density at radius 3 is 2.08 bits per heavy atom. The predicted octanol–water partition coefficient (Wildman–Crippen LogP) is 0.645. The smallest absolute Gasteiger partial charge is 0.250 e. The number of ether oxygens (including phenoxy) is 2. The van der Waals surface area contributed by atoms with Crippen LogP contribution in [0.15, 0.2) is 12.2 Å². The fourth-order valence-corrected chi connectivity index (χ4v) is 0.498. The lowest BCUT2D eigenvalue weighted by Crippen LogP contribution is -2.49. The maximum atomic E-state index is 11.1. The number of amides is 1. The van der Waals surface area contributed by atoms with Crippen LogP contribution in [0.4, 0.5) is 0 Å². The molecule has 0 heterocycles. The predicted molar refractivity (Wildman–Crippen MR) is 45.4 cm³/mol. The summed E-state index contributed by atoms with van der Waals surface area (Å²) in [7, 11) is 2.89. The highest BCUT2D eigenvalue weighted by Gasteiger charge is 2.24. The average molecular weight is 173 g/mol. The van der Waals surface area contributed by atoms with Crippen LogP contribution in [0, 0.1) is 0 Å². The van der Waals surface area contributed by atoms with Gasteiger partial charge in [-0.2, -0.15) is 0 Å². The Labute approximate surface area is 72.5 Å². The van der Waals surface area contributed by atoms with Crippen LogP contribution in [0.2, 0.25) is 0 Å². The monoisotopic (exact) mass is 173 g/mol. The van der Waals surface area contributed by atoms with Gasteiger partial charge in [0.25, 0.3) is 0 Å². The molecule has 0 spiro atoms. The van der Waals surface area contributed by atoms with Crippen LogP contribution in [0.5, 0.6) is 0 Å². The molecule has 1 amide bonds. The van der Waals surface area contributed by atoms with Gasteiger partial charge in [-0.25, -0.2) is 0 Å². The zero-order valence-electron chi connectivity index (χ0n) is 7.93. The normalized spacial score (nSPS) is 11.0. The van der Waals surface area contributed by atoms with Gasteiger partial charge in [0.2, 0.25) is 11.8 Å². The van der Waals surface area contributed by atoms with Crippen molar-refractivity contribution in [1.29, 1.82) is 0 Å². The first kappa shape index (κ1) is 11.1. The van der Waals surface area contributed by atoms with Gasteiger partial charge in [0.05, 0.1) is 0 Å². The molecule has 0 aromatic carbocycles. The van der Waals surface area contributed by atoms with Crippen molar-refractivity contribution in [3.05, 3.63) is 12.2 Å². The maximum absolute atomic E-state index is 11.1. The summed E-state index contributed by atoms with van der Waals surface area (Å²) in [6.45, 7) is 6.70. The fraction of sp³-hybridized carbons (Fsp3) is 0.625. The molecule has 0 rings (SSSR count). The number of hydrogen-bond donors (Lipinski definition) is 1. The van der Waals surface area contributed by atoms with E-state index in [1.807, 2.05) is 0 Å². The molecule has 0 aliphatic rings. The lowest BCUT2D eigenvalue weighted by atomic mass is 10.3. The zero-order valence-corrected chi connectivity index (χ0v) is 7.93. The molecule has 0 aliphatic carbocycles. The van der Waals surface area contributed by atoms with Gasteiger partial charge < -0.3 is 14.8 Å². The minimum atomic E-state index is -1.07. The second kappa shape index (κ2) is 4.23. The van der Waals surface area contributed by atoms with Crippen molar-refractivity contribution < 1.29 is 14.3 Å². The van der Waals surface area contributed by atoms with E-state index >= 15 is 0 Å². The third kappa shape index (κ3) is 3.02. The summed E-state index contributed by atoms with van der Waals surface area (Å²) >= 11 is 0. The SMILES string of the molecule is C=C(C)C(=O)NC(C)(OC)OC. The van der Waals surface area contributed by atoms with E-state index in [4.69, 9.17) is 9.47 Å². The van der Waals surface area contributed by atoms with Crippen molar-refractivity contribution in [2.24, 2.45) is 0 Å². The van der Waals surface area contributed by atoms with Crippen molar-refractivity contribution in [1.82, 2.24) is 5.32 Å². The number of nitrogens with one attached hydrogen (secondary N) is 1. The number of hydrogen-bond acceptors (Lipinski definition) is 3. The van der Waals surface area contributed by atoms with E-state index < -0.39 is 5.91 Å². The van der Waals surface area contributed by atoms with E-state index in [0.29, 0.717) is 5.57 Å². The van der Waals surface area contributed by atoms with Crippen LogP contribution < -0.4 is 5.32 Å². The van der Waals surface area contributed by atoms with Crippen molar-refractivity contribution in [3.8, 4) is 0 Å². The summed E-state index contributed by atoms with van der Waals surface area (Å²) in [6, 6.07) is 0. The number of methoxy groups -OCH3 is 2. The molecule has 0 aromatic heterocycles. The number of carbonyl (C=O) groups excluding carboxylic acids is 1. The van der Waals surface area contributed by atoms with Crippen LogP contribution in [-0.2, 0) is 14.3 Å². The lowest BCUT2D eigenvalue weighted by Gasteiger charge is -2.26. The van der Waals surface area contributed by atoms with Crippen LogP contribution in [0.1, 0.15) is 13.8 Å². The topological polar surface area (TPSA) is 47.6 Å². The first-order valence-electron chi connectivity index (χ1n) is 3.53. The summed E-state index contributed by atoms with van der Waals surface area (Å²) < 4.78 is 9.82. The van der Waals surface area contributed by atoms with Gasteiger partial charge in [-0.15, -0.1) is 0 Å². The second-order valence-corrected chi connectivity index (χ2v) is 2.59. The van der Waals surface area contributed by atoms with E-state index in [2.05, 4.69) is 11.9 Å². The van der Waals surface area contributed by atoms with E-state index in [0.717, 1.165) is 0 Å². The molecule has 0 atom stereocenters. The van der Waals surface area contributed by atoms with Gasteiger partial charge in [-0.3, -0.25) is 4.79 Å². The quantitative estimate of drug-likeness (QED) is 0.501. The van der Waals surface area contributed by atoms with Gasteiger partial charge >= 0.3 is 0 Å². The highest BCUT2D eigenvalue weighted by atomic mass is 16.7. The highest BCUT2D eigenvalue weighted by Crippen LogP contribution is 2.05. The molecular weight excluding hydrogens is 158 g/mol. The lowest BCUT2D eigenvalue weighted by molar-refractivity contribution is -0.213. The standard InChI is InChI=1S/C8H15NO3/c1-6(2)7(10)9-8(3,11-4)12-5/h1H2,2-5H3,(H,9,10). The van der Waals surface area contributed by atoms with Gasteiger partial charge in [0.1, 0.15) is 0 Å². The zero-order chi connectivity index (χ0) is 9.78. The Bertz CT molecular complexity index is 185. The Kier molecular flexibility index (Phi) is 3.92. The molecule has 4 nitrogen and oxygen atoms in total. The second-order valence-electron chi connectivity index (χ2n) is 2.59. The van der Waals surface area contributed by atoms with Crippen LogP contribution in [0.3, 0.4) is 0 Å². The molecule has 0 aromatic rings. The Morgan fingerprint density at radius 1 is 1.42 bits per heavy atom. The summed E-state index contributed by atoms with van der Waals surface area (Å²) in [5.41, 5.74) is 0.412. The molecule has 0 unspecified atom stereocenters. The molecule has 0 radical (unpaired) electrons. The van der Waals surface area contributed by atoms with Gasteiger partial charge in [0, 0.05) is 26.7 Å². The fourth-order valence-electron chi connectivity index (χ4n) is 0.498. The van der Waals surface area contributed by atoms with Gasteiger partial charge in [0.15, 0.2) is 0 Å². The first-order chi connectivity index (χ1) is 5.45. The molecule has 70 valence electrons. The first-order valence-corrected chi connectivity index (χ1v) is 3.53. The minimum Gasteiger partial charge on any atom is -0.336 e. The van der Waals surface area contributed by atoms with Crippen molar-refractivity contribution in [2.75, 3.05) is 14.2 Å². The van der Waals surface area contributed by atoms with Gasteiger partial charge in [-0.05, 0) is 6.92 Å². The Hall–Kier alpha value is -0.870. The molecule has 12 heavy (non-hydrogen) atoms. The van der Waals surface area contributed by atoms with Crippen LogP contribution in [-0.4, -0.2) is 26.0 Å². The molecule has 4 heteroatoms. The minimum absolute atomic E-state index is 0.291. The highest BCUT2D eigenvalue weighted by molar-refractivity contribution is 5.92. The summed E-state index contributed by atoms with van der Waals surface area (Å²) in [4.78, 5) is 11.1. The van der Waals surface area contributed by atoms with E-state index in [1.54, 1.807) is 13.8 Å². The van der Waals surface area contributed by atoms with Crippen LogP contribution in [0.25, 0.3) is 0 Å². The maximum Gasteiger partial charge on any atom is 0.250 e. The molecular formula is C8H15NO3. The molecule has 0 fully saturated rings. The summed E-state index contributed by atoms with van der Waals surface area (Å²) in [5.74, 6) is -1.36. The van der Waals surface area contributed by atoms with E-state index in [1.165, 1.54) is 14.2 Å². The van der Waals surface area contributed by atoms with Crippen LogP contribution >= 0.6 is 0 Å². The Morgan fingerprint density at radius 2 is 1.83 bits per heavy atom. The molecule has 0 aliphatic heterocycles. The third-order valence-corrected chi connectivity index (χ3v) is 1.51. The summed E-state index contributed by atoms with van der Waals surface area (Å²) in [5, 5.41) is 2.51. The van der Waals surface area contributed by atoms with Crippen molar-refractivity contribution in [3.63, 3.8) is 0 Å². The van der Waals surface area contributed by atoms with E-state index in [-0.39, 0.29) is 5.91 Å². The molecule has 0 saturated heterocycles. The average Bonchev–Trinajstić information content (AvgIpc) is 2.04. The molecule has 0 bridgehead atoms. The number of rotatable bonds is 4. The van der Waals surface area contributed by atoms with Crippen molar-refractivity contribution in [2.45, 2.75) is 19.8 Å². The summed E-state index contributed by atoms with van der Waals surface area (Å²) in [6.07, 6.45) is 0.